The Kier molecular flexibility index (Phi) is 6.67. The molecule has 0 fully saturated rings. The van der Waals surface area contributed by atoms with Crippen LogP contribution in [-0.2, 0) is 9.59 Å². The van der Waals surface area contributed by atoms with Crippen LogP contribution in [0.25, 0.3) is 0 Å². The van der Waals surface area contributed by atoms with E-state index in [9.17, 15) is 9.59 Å². The third-order valence-electron chi connectivity index (χ3n) is 2.04. The van der Waals surface area contributed by atoms with Crippen molar-refractivity contribution in [2.24, 2.45) is 11.7 Å². The molecule has 16 heavy (non-hydrogen) atoms. The van der Waals surface area contributed by atoms with Gasteiger partial charge in [-0.3, -0.25) is 9.59 Å². The fourth-order valence-electron chi connectivity index (χ4n) is 0.942. The minimum atomic E-state index is -1.08. The highest BCUT2D eigenvalue weighted by molar-refractivity contribution is 5.81. The van der Waals surface area contributed by atoms with Crippen LogP contribution in [0.5, 0.6) is 0 Å². The van der Waals surface area contributed by atoms with E-state index in [4.69, 9.17) is 10.8 Å². The molecule has 2 atom stereocenters. The SMILES string of the molecule is CC(C)CNC(=O)C(C)NCC(N)C(=O)O. The minimum absolute atomic E-state index is 0.0750. The molecule has 0 spiro atoms. The molecule has 0 aromatic heterocycles. The van der Waals surface area contributed by atoms with Crippen molar-refractivity contribution in [3.05, 3.63) is 0 Å². The molecule has 0 saturated carbocycles. The van der Waals surface area contributed by atoms with Gasteiger partial charge in [-0.2, -0.15) is 0 Å². The predicted molar refractivity (Wildman–Crippen MR) is 60.9 cm³/mol. The maximum Gasteiger partial charge on any atom is 0.321 e. The first-order chi connectivity index (χ1) is 7.34. The van der Waals surface area contributed by atoms with Crippen molar-refractivity contribution in [3.63, 3.8) is 0 Å². The molecule has 2 unspecified atom stereocenters. The van der Waals surface area contributed by atoms with Crippen LogP contribution in [0.2, 0.25) is 0 Å². The molecular weight excluding hydrogens is 210 g/mol. The van der Waals surface area contributed by atoms with Crippen molar-refractivity contribution in [1.82, 2.24) is 10.6 Å². The Morgan fingerprint density at radius 3 is 2.25 bits per heavy atom. The number of amides is 1. The number of aliphatic carboxylic acids is 1. The number of nitrogens with two attached hydrogens (primary N) is 1. The molecule has 0 saturated heterocycles. The summed E-state index contributed by atoms with van der Waals surface area (Å²) >= 11 is 0. The van der Waals surface area contributed by atoms with Crippen LogP contribution < -0.4 is 16.4 Å². The van der Waals surface area contributed by atoms with E-state index in [-0.39, 0.29) is 12.5 Å². The lowest BCUT2D eigenvalue weighted by molar-refractivity contribution is -0.138. The topological polar surface area (TPSA) is 104 Å². The second kappa shape index (κ2) is 7.19. The van der Waals surface area contributed by atoms with Crippen LogP contribution >= 0.6 is 0 Å². The van der Waals surface area contributed by atoms with E-state index in [0.29, 0.717) is 12.5 Å². The van der Waals surface area contributed by atoms with Gasteiger partial charge in [0.2, 0.25) is 5.91 Å². The van der Waals surface area contributed by atoms with Crippen LogP contribution in [-0.4, -0.2) is 42.2 Å². The molecule has 94 valence electrons. The first kappa shape index (κ1) is 14.9. The quantitative estimate of drug-likeness (QED) is 0.457. The van der Waals surface area contributed by atoms with Crippen molar-refractivity contribution < 1.29 is 14.7 Å². The fourth-order valence-corrected chi connectivity index (χ4v) is 0.942. The Bertz CT molecular complexity index is 243. The number of carboxylic acids is 1. The summed E-state index contributed by atoms with van der Waals surface area (Å²) in [6.07, 6.45) is 0. The van der Waals surface area contributed by atoms with Crippen LogP contribution in [0.15, 0.2) is 0 Å². The van der Waals surface area contributed by atoms with Gasteiger partial charge in [-0.15, -0.1) is 0 Å². The second-order valence-electron chi connectivity index (χ2n) is 4.21. The van der Waals surface area contributed by atoms with Gasteiger partial charge in [0.25, 0.3) is 0 Å². The first-order valence-electron chi connectivity index (χ1n) is 5.34. The van der Waals surface area contributed by atoms with E-state index < -0.39 is 18.1 Å². The summed E-state index contributed by atoms with van der Waals surface area (Å²) in [5.74, 6) is -0.842. The average molecular weight is 231 g/mol. The third-order valence-corrected chi connectivity index (χ3v) is 2.04. The Morgan fingerprint density at radius 1 is 1.25 bits per heavy atom. The summed E-state index contributed by atoms with van der Waals surface area (Å²) in [4.78, 5) is 21.9. The molecule has 0 aliphatic heterocycles. The lowest BCUT2D eigenvalue weighted by Gasteiger charge is -2.16. The Hall–Kier alpha value is -1.14. The Morgan fingerprint density at radius 2 is 1.81 bits per heavy atom. The van der Waals surface area contributed by atoms with Crippen LogP contribution in [0.1, 0.15) is 20.8 Å². The number of rotatable bonds is 7. The first-order valence-corrected chi connectivity index (χ1v) is 5.34. The van der Waals surface area contributed by atoms with Gasteiger partial charge < -0.3 is 21.5 Å². The zero-order valence-corrected chi connectivity index (χ0v) is 9.99. The van der Waals surface area contributed by atoms with E-state index in [2.05, 4.69) is 10.6 Å². The van der Waals surface area contributed by atoms with Gasteiger partial charge in [0.05, 0.1) is 6.04 Å². The Balaban J connectivity index is 3.83. The molecular formula is C10H21N3O3. The number of nitrogens with one attached hydrogen (secondary N) is 2. The van der Waals surface area contributed by atoms with Crippen LogP contribution in [0.3, 0.4) is 0 Å². The summed E-state index contributed by atoms with van der Waals surface area (Å²) in [6, 6.07) is -1.43. The molecule has 5 N–H and O–H groups in total. The molecule has 0 aromatic carbocycles. The summed E-state index contributed by atoms with van der Waals surface area (Å²) in [7, 11) is 0. The number of carboxylic acid groups (broad SMARTS) is 1. The zero-order chi connectivity index (χ0) is 12.7. The summed E-state index contributed by atoms with van der Waals surface area (Å²) in [5.41, 5.74) is 5.29. The smallest absolute Gasteiger partial charge is 0.321 e. The second-order valence-corrected chi connectivity index (χ2v) is 4.21. The van der Waals surface area contributed by atoms with Gasteiger partial charge in [-0.05, 0) is 12.8 Å². The van der Waals surface area contributed by atoms with Crippen molar-refractivity contribution in [2.75, 3.05) is 13.1 Å². The van der Waals surface area contributed by atoms with Crippen LogP contribution in [0.4, 0.5) is 0 Å². The van der Waals surface area contributed by atoms with E-state index in [1.54, 1.807) is 6.92 Å². The highest BCUT2D eigenvalue weighted by Crippen LogP contribution is 1.89. The van der Waals surface area contributed by atoms with E-state index in [1.165, 1.54) is 0 Å². The minimum Gasteiger partial charge on any atom is -0.480 e. The maximum absolute atomic E-state index is 11.5. The van der Waals surface area contributed by atoms with Gasteiger partial charge in [-0.1, -0.05) is 13.8 Å². The monoisotopic (exact) mass is 231 g/mol. The summed E-state index contributed by atoms with van der Waals surface area (Å²) in [5, 5.41) is 14.1. The molecule has 6 heteroatoms. The molecule has 6 nitrogen and oxygen atoms in total. The molecule has 0 aliphatic rings. The molecule has 0 rings (SSSR count). The standard InChI is InChI=1S/C10H21N3O3/c1-6(2)4-13-9(14)7(3)12-5-8(11)10(15)16/h6-8,12H,4-5,11H2,1-3H3,(H,13,14)(H,15,16). The number of hydrogen-bond donors (Lipinski definition) is 4. The Labute approximate surface area is 95.6 Å². The van der Waals surface area contributed by atoms with Gasteiger partial charge >= 0.3 is 5.97 Å². The van der Waals surface area contributed by atoms with Crippen LogP contribution in [0, 0.1) is 5.92 Å². The third kappa shape index (κ3) is 6.36. The van der Waals surface area contributed by atoms with Crippen molar-refractivity contribution >= 4 is 11.9 Å². The fraction of sp³-hybridized carbons (Fsp3) is 0.800. The van der Waals surface area contributed by atoms with Gasteiger partial charge in [-0.25, -0.2) is 0 Å². The largest absolute Gasteiger partial charge is 0.480 e. The molecule has 0 bridgehead atoms. The van der Waals surface area contributed by atoms with E-state index in [1.807, 2.05) is 13.8 Å². The molecule has 1 amide bonds. The molecule has 0 radical (unpaired) electrons. The number of carbonyl (C=O) groups is 2. The lowest BCUT2D eigenvalue weighted by atomic mass is 10.2. The van der Waals surface area contributed by atoms with Crippen molar-refractivity contribution in [1.29, 1.82) is 0 Å². The normalized spacial score (nSPS) is 14.6. The van der Waals surface area contributed by atoms with Gasteiger partial charge in [0, 0.05) is 13.1 Å². The number of carbonyl (C=O) groups excluding carboxylic acids is 1. The zero-order valence-electron chi connectivity index (χ0n) is 9.99. The van der Waals surface area contributed by atoms with Crippen molar-refractivity contribution in [2.45, 2.75) is 32.9 Å². The highest BCUT2D eigenvalue weighted by atomic mass is 16.4. The maximum atomic E-state index is 11.5. The average Bonchev–Trinajstić information content (AvgIpc) is 2.21. The van der Waals surface area contributed by atoms with Gasteiger partial charge in [0.1, 0.15) is 6.04 Å². The van der Waals surface area contributed by atoms with Crippen molar-refractivity contribution in [3.8, 4) is 0 Å². The molecule has 0 aliphatic carbocycles. The summed E-state index contributed by atoms with van der Waals surface area (Å²) in [6.45, 7) is 6.35. The highest BCUT2D eigenvalue weighted by Gasteiger charge is 2.16. The molecule has 0 aromatic rings. The summed E-state index contributed by atoms with van der Waals surface area (Å²) < 4.78 is 0. The van der Waals surface area contributed by atoms with E-state index in [0.717, 1.165) is 0 Å². The number of hydrogen-bond acceptors (Lipinski definition) is 4. The molecule has 0 heterocycles. The lowest BCUT2D eigenvalue weighted by Crippen LogP contribution is -2.49. The van der Waals surface area contributed by atoms with E-state index >= 15 is 0 Å². The predicted octanol–water partition coefficient (Wildman–Crippen LogP) is -0.851. The van der Waals surface area contributed by atoms with Gasteiger partial charge in [0.15, 0.2) is 0 Å².